The van der Waals surface area contributed by atoms with Gasteiger partial charge in [-0.2, -0.15) is 5.10 Å². The van der Waals surface area contributed by atoms with Crippen molar-refractivity contribution in [2.45, 2.75) is 51.7 Å². The summed E-state index contributed by atoms with van der Waals surface area (Å²) in [6, 6.07) is 6.76. The molecule has 1 aromatic heterocycles. The number of nitrogens with one attached hydrogen (secondary N) is 1. The molecule has 0 amide bonds. The van der Waals surface area contributed by atoms with Gasteiger partial charge in [-0.05, 0) is 50.8 Å². The summed E-state index contributed by atoms with van der Waals surface area (Å²) in [5.74, 6) is 0.428. The third-order valence-corrected chi connectivity index (χ3v) is 4.35. The van der Waals surface area contributed by atoms with E-state index in [1.54, 1.807) is 6.07 Å². The zero-order chi connectivity index (χ0) is 15.0. The SMILES string of the molecule is CC(C)n1cc([C@@H](C)N[C@H]2CCc3c(O)cccc32)cn1. The number of aromatic hydroxyl groups is 1. The Morgan fingerprint density at radius 1 is 1.33 bits per heavy atom. The van der Waals surface area contributed by atoms with Crippen LogP contribution < -0.4 is 5.32 Å². The zero-order valence-electron chi connectivity index (χ0n) is 12.9. The van der Waals surface area contributed by atoms with Gasteiger partial charge in [0.2, 0.25) is 0 Å². The summed E-state index contributed by atoms with van der Waals surface area (Å²) in [5, 5.41) is 18.0. The number of aromatic nitrogens is 2. The molecule has 0 aliphatic heterocycles. The van der Waals surface area contributed by atoms with Gasteiger partial charge in [0.25, 0.3) is 0 Å². The molecule has 21 heavy (non-hydrogen) atoms. The molecule has 0 radical (unpaired) electrons. The van der Waals surface area contributed by atoms with Crippen molar-refractivity contribution in [3.05, 3.63) is 47.3 Å². The number of nitrogens with zero attached hydrogens (tertiary/aromatic N) is 2. The van der Waals surface area contributed by atoms with Gasteiger partial charge in [-0.1, -0.05) is 12.1 Å². The normalized spacial score (nSPS) is 19.0. The minimum Gasteiger partial charge on any atom is -0.508 e. The molecule has 4 nitrogen and oxygen atoms in total. The maximum atomic E-state index is 9.92. The second kappa shape index (κ2) is 5.53. The molecule has 0 spiro atoms. The molecular weight excluding hydrogens is 262 g/mol. The Hall–Kier alpha value is -1.81. The van der Waals surface area contributed by atoms with E-state index in [9.17, 15) is 5.11 Å². The number of benzene rings is 1. The van der Waals surface area contributed by atoms with Crippen molar-refractivity contribution in [3.63, 3.8) is 0 Å². The van der Waals surface area contributed by atoms with Crippen LogP contribution >= 0.6 is 0 Å². The highest BCUT2D eigenvalue weighted by Crippen LogP contribution is 2.37. The van der Waals surface area contributed by atoms with E-state index in [1.807, 2.05) is 16.9 Å². The highest BCUT2D eigenvalue weighted by atomic mass is 16.3. The number of phenols is 1. The number of phenolic OH excluding ortho intramolecular Hbond substituents is 1. The van der Waals surface area contributed by atoms with Crippen LogP contribution in [0.4, 0.5) is 0 Å². The van der Waals surface area contributed by atoms with Gasteiger partial charge in [-0.25, -0.2) is 0 Å². The molecule has 2 aromatic rings. The molecule has 0 saturated carbocycles. The lowest BCUT2D eigenvalue weighted by Crippen LogP contribution is -2.22. The predicted octanol–water partition coefficient (Wildman–Crippen LogP) is 3.51. The summed E-state index contributed by atoms with van der Waals surface area (Å²) in [5.41, 5.74) is 3.54. The molecule has 0 fully saturated rings. The first-order valence-electron chi connectivity index (χ1n) is 7.67. The van der Waals surface area contributed by atoms with Gasteiger partial charge < -0.3 is 10.4 Å². The van der Waals surface area contributed by atoms with Crippen LogP contribution in [0, 0.1) is 0 Å². The molecule has 1 aromatic carbocycles. The molecule has 1 heterocycles. The Morgan fingerprint density at radius 2 is 2.14 bits per heavy atom. The summed E-state index contributed by atoms with van der Waals surface area (Å²) in [6.07, 6.45) is 6.03. The minimum atomic E-state index is 0.246. The Morgan fingerprint density at radius 3 is 2.86 bits per heavy atom. The van der Waals surface area contributed by atoms with Gasteiger partial charge in [-0.3, -0.25) is 4.68 Å². The van der Waals surface area contributed by atoms with Gasteiger partial charge in [-0.15, -0.1) is 0 Å². The molecule has 0 saturated heterocycles. The lowest BCUT2D eigenvalue weighted by atomic mass is 10.1. The molecule has 112 valence electrons. The third kappa shape index (κ3) is 2.68. The fourth-order valence-electron chi connectivity index (χ4n) is 3.06. The van der Waals surface area contributed by atoms with E-state index in [4.69, 9.17) is 0 Å². The van der Waals surface area contributed by atoms with Crippen LogP contribution in [0.3, 0.4) is 0 Å². The topological polar surface area (TPSA) is 50.1 Å². The third-order valence-electron chi connectivity index (χ3n) is 4.35. The fourth-order valence-corrected chi connectivity index (χ4v) is 3.06. The van der Waals surface area contributed by atoms with Gasteiger partial charge in [0, 0.05) is 29.9 Å². The average molecular weight is 285 g/mol. The second-order valence-electron chi connectivity index (χ2n) is 6.17. The highest BCUT2D eigenvalue weighted by Gasteiger charge is 2.26. The van der Waals surface area contributed by atoms with E-state index in [0.29, 0.717) is 17.8 Å². The lowest BCUT2D eigenvalue weighted by molar-refractivity contribution is 0.463. The molecule has 0 unspecified atom stereocenters. The van der Waals surface area contributed by atoms with Crippen LogP contribution in [-0.4, -0.2) is 14.9 Å². The smallest absolute Gasteiger partial charge is 0.119 e. The highest BCUT2D eigenvalue weighted by molar-refractivity contribution is 5.44. The molecule has 2 atom stereocenters. The van der Waals surface area contributed by atoms with E-state index in [2.05, 4.69) is 43.4 Å². The molecule has 4 heteroatoms. The maximum Gasteiger partial charge on any atom is 0.119 e. The van der Waals surface area contributed by atoms with Crippen molar-refractivity contribution in [1.82, 2.24) is 15.1 Å². The first-order chi connectivity index (χ1) is 10.1. The van der Waals surface area contributed by atoms with E-state index < -0.39 is 0 Å². The van der Waals surface area contributed by atoms with E-state index in [0.717, 1.165) is 18.4 Å². The van der Waals surface area contributed by atoms with Crippen molar-refractivity contribution >= 4 is 0 Å². The van der Waals surface area contributed by atoms with E-state index in [1.165, 1.54) is 11.1 Å². The monoisotopic (exact) mass is 285 g/mol. The number of hydrogen-bond donors (Lipinski definition) is 2. The molecule has 1 aliphatic carbocycles. The van der Waals surface area contributed by atoms with Gasteiger partial charge >= 0.3 is 0 Å². The van der Waals surface area contributed by atoms with Crippen LogP contribution in [0.1, 0.15) is 62.0 Å². The number of rotatable bonds is 4. The fraction of sp³-hybridized carbons (Fsp3) is 0.471. The van der Waals surface area contributed by atoms with Crippen LogP contribution in [0.2, 0.25) is 0 Å². The average Bonchev–Trinajstić information content (AvgIpc) is 3.07. The Labute approximate surface area is 125 Å². The summed E-state index contributed by atoms with van der Waals surface area (Å²) in [7, 11) is 0. The Kier molecular flexibility index (Phi) is 3.72. The zero-order valence-corrected chi connectivity index (χ0v) is 12.9. The van der Waals surface area contributed by atoms with Gasteiger partial charge in [0.15, 0.2) is 0 Å². The van der Waals surface area contributed by atoms with Crippen LogP contribution in [0.25, 0.3) is 0 Å². The van der Waals surface area contributed by atoms with Gasteiger partial charge in [0.05, 0.1) is 6.20 Å². The number of hydrogen-bond acceptors (Lipinski definition) is 3. The van der Waals surface area contributed by atoms with Gasteiger partial charge in [0.1, 0.15) is 5.75 Å². The van der Waals surface area contributed by atoms with Crippen molar-refractivity contribution < 1.29 is 5.11 Å². The molecule has 3 rings (SSSR count). The van der Waals surface area contributed by atoms with Crippen molar-refractivity contribution in [3.8, 4) is 5.75 Å². The molecule has 2 N–H and O–H groups in total. The van der Waals surface area contributed by atoms with Crippen LogP contribution in [0.15, 0.2) is 30.6 Å². The second-order valence-corrected chi connectivity index (χ2v) is 6.17. The summed E-state index contributed by atoms with van der Waals surface area (Å²) >= 11 is 0. The quantitative estimate of drug-likeness (QED) is 0.904. The van der Waals surface area contributed by atoms with Crippen LogP contribution in [-0.2, 0) is 6.42 Å². The van der Waals surface area contributed by atoms with E-state index >= 15 is 0 Å². The Bertz CT molecular complexity index is 633. The maximum absolute atomic E-state index is 9.92. The molecule has 0 bridgehead atoms. The summed E-state index contributed by atoms with van der Waals surface area (Å²) in [6.45, 7) is 6.43. The minimum absolute atomic E-state index is 0.246. The Balaban J connectivity index is 1.74. The summed E-state index contributed by atoms with van der Waals surface area (Å²) in [4.78, 5) is 0. The molecule has 1 aliphatic rings. The van der Waals surface area contributed by atoms with Crippen molar-refractivity contribution in [1.29, 1.82) is 0 Å². The van der Waals surface area contributed by atoms with Crippen molar-refractivity contribution in [2.24, 2.45) is 0 Å². The predicted molar refractivity (Wildman–Crippen MR) is 83.3 cm³/mol. The first-order valence-corrected chi connectivity index (χ1v) is 7.67. The first kappa shape index (κ1) is 14.1. The summed E-state index contributed by atoms with van der Waals surface area (Å²) < 4.78 is 1.99. The molecular formula is C17H23N3O. The largest absolute Gasteiger partial charge is 0.508 e. The van der Waals surface area contributed by atoms with Crippen molar-refractivity contribution in [2.75, 3.05) is 0 Å². The lowest BCUT2D eigenvalue weighted by Gasteiger charge is -2.19. The standard InChI is InChI=1S/C17H23N3O/c1-11(2)20-10-13(9-18-20)12(3)19-16-8-7-15-14(16)5-4-6-17(15)21/h4-6,9-12,16,19,21H,7-8H2,1-3H3/t12-,16+/m1/s1. The number of fused-ring (bicyclic) bond motifs is 1. The van der Waals surface area contributed by atoms with Crippen LogP contribution in [0.5, 0.6) is 5.75 Å². The van der Waals surface area contributed by atoms with E-state index in [-0.39, 0.29) is 6.04 Å².